The molecule has 0 unspecified atom stereocenters. The molecule has 0 amide bonds. The van der Waals surface area contributed by atoms with Crippen LogP contribution in [0.4, 0.5) is 8.78 Å². The van der Waals surface area contributed by atoms with Crippen molar-refractivity contribution >= 4 is 0 Å². The predicted molar refractivity (Wildman–Crippen MR) is 57.8 cm³/mol. The Morgan fingerprint density at radius 3 is 2.20 bits per heavy atom. The summed E-state index contributed by atoms with van der Waals surface area (Å²) in [5.41, 5.74) is 0.0235. The highest BCUT2D eigenvalue weighted by Gasteiger charge is 2.21. The highest BCUT2D eigenvalue weighted by molar-refractivity contribution is 5.21. The van der Waals surface area contributed by atoms with Gasteiger partial charge in [0, 0.05) is 12.1 Å². The number of benzene rings is 1. The molecule has 1 aromatic carbocycles. The van der Waals surface area contributed by atoms with Crippen LogP contribution in [0, 0.1) is 17.0 Å². The minimum Gasteiger partial charge on any atom is -0.319 e. The first-order chi connectivity index (χ1) is 6.96. The van der Waals surface area contributed by atoms with Crippen molar-refractivity contribution in [3.63, 3.8) is 0 Å². The summed E-state index contributed by atoms with van der Waals surface area (Å²) in [7, 11) is 1.83. The van der Waals surface area contributed by atoms with Gasteiger partial charge in [0.2, 0.25) is 0 Å². The molecule has 0 aliphatic heterocycles. The molecule has 1 N–H and O–H groups in total. The van der Waals surface area contributed by atoms with Gasteiger partial charge in [0.25, 0.3) is 0 Å². The van der Waals surface area contributed by atoms with Gasteiger partial charge in [-0.3, -0.25) is 0 Å². The Morgan fingerprint density at radius 1 is 1.20 bits per heavy atom. The number of halogens is 2. The van der Waals surface area contributed by atoms with Crippen molar-refractivity contribution in [2.75, 3.05) is 13.6 Å². The van der Waals surface area contributed by atoms with E-state index in [0.29, 0.717) is 6.42 Å². The Labute approximate surface area is 89.5 Å². The van der Waals surface area contributed by atoms with Crippen LogP contribution in [0.25, 0.3) is 0 Å². The van der Waals surface area contributed by atoms with Gasteiger partial charge in [-0.05, 0) is 31.0 Å². The summed E-state index contributed by atoms with van der Waals surface area (Å²) in [5, 5.41) is 3.02. The van der Waals surface area contributed by atoms with E-state index in [1.54, 1.807) is 0 Å². The number of hydrogen-bond acceptors (Lipinski definition) is 1. The lowest BCUT2D eigenvalue weighted by molar-refractivity contribution is 0.338. The fraction of sp³-hybridized carbons (Fsp3) is 0.500. The monoisotopic (exact) mass is 213 g/mol. The van der Waals surface area contributed by atoms with Crippen molar-refractivity contribution in [2.45, 2.75) is 20.3 Å². The maximum Gasteiger partial charge on any atom is 0.129 e. The lowest BCUT2D eigenvalue weighted by Crippen LogP contribution is -2.29. The van der Waals surface area contributed by atoms with Gasteiger partial charge in [-0.2, -0.15) is 0 Å². The zero-order valence-electron chi connectivity index (χ0n) is 9.40. The SMILES string of the molecule is CNCC(C)(C)Cc1c(F)cccc1F. The summed E-state index contributed by atoms with van der Waals surface area (Å²) in [6.07, 6.45) is 0.395. The highest BCUT2D eigenvalue weighted by atomic mass is 19.1. The second-order valence-corrected chi connectivity index (χ2v) is 4.57. The minimum atomic E-state index is -0.459. The molecule has 0 aromatic heterocycles. The van der Waals surface area contributed by atoms with Crippen LogP contribution in [-0.4, -0.2) is 13.6 Å². The van der Waals surface area contributed by atoms with Crippen LogP contribution in [0.2, 0.25) is 0 Å². The van der Waals surface area contributed by atoms with Crippen molar-refractivity contribution in [3.05, 3.63) is 35.4 Å². The van der Waals surface area contributed by atoms with Gasteiger partial charge in [0.1, 0.15) is 11.6 Å². The maximum atomic E-state index is 13.4. The van der Waals surface area contributed by atoms with Crippen molar-refractivity contribution in [2.24, 2.45) is 5.41 Å². The Hall–Kier alpha value is -0.960. The average Bonchev–Trinajstić information content (AvgIpc) is 2.11. The second kappa shape index (κ2) is 4.71. The summed E-state index contributed by atoms with van der Waals surface area (Å²) in [4.78, 5) is 0. The van der Waals surface area contributed by atoms with Crippen molar-refractivity contribution in [3.8, 4) is 0 Å². The van der Waals surface area contributed by atoms with Gasteiger partial charge >= 0.3 is 0 Å². The first-order valence-electron chi connectivity index (χ1n) is 5.04. The summed E-state index contributed by atoms with van der Waals surface area (Å²) in [6.45, 7) is 4.69. The predicted octanol–water partition coefficient (Wildman–Crippen LogP) is 2.75. The number of rotatable bonds is 4. The molecule has 0 aliphatic rings. The van der Waals surface area contributed by atoms with Gasteiger partial charge in [-0.15, -0.1) is 0 Å². The van der Waals surface area contributed by atoms with Crippen molar-refractivity contribution < 1.29 is 8.78 Å². The molecule has 1 nitrogen and oxygen atoms in total. The van der Waals surface area contributed by atoms with Crippen molar-refractivity contribution in [1.29, 1.82) is 0 Å². The van der Waals surface area contributed by atoms with E-state index in [0.717, 1.165) is 6.54 Å². The van der Waals surface area contributed by atoms with E-state index in [2.05, 4.69) is 5.32 Å². The number of hydrogen-bond donors (Lipinski definition) is 1. The van der Waals surface area contributed by atoms with Gasteiger partial charge < -0.3 is 5.32 Å². The Bertz CT molecular complexity index is 314. The van der Waals surface area contributed by atoms with E-state index in [-0.39, 0.29) is 11.0 Å². The topological polar surface area (TPSA) is 12.0 Å². The highest BCUT2D eigenvalue weighted by Crippen LogP contribution is 2.24. The third-order valence-electron chi connectivity index (χ3n) is 2.37. The molecular weight excluding hydrogens is 196 g/mol. The van der Waals surface area contributed by atoms with Crippen molar-refractivity contribution in [1.82, 2.24) is 5.32 Å². The smallest absolute Gasteiger partial charge is 0.129 e. The average molecular weight is 213 g/mol. The summed E-state index contributed by atoms with van der Waals surface area (Å²) < 4.78 is 26.7. The molecule has 0 fully saturated rings. The van der Waals surface area contributed by atoms with Crippen LogP contribution in [0.15, 0.2) is 18.2 Å². The molecule has 0 spiro atoms. The molecule has 0 saturated heterocycles. The van der Waals surface area contributed by atoms with Crippen LogP contribution in [-0.2, 0) is 6.42 Å². The zero-order valence-corrected chi connectivity index (χ0v) is 9.40. The molecule has 0 atom stereocenters. The molecule has 1 rings (SSSR count). The largest absolute Gasteiger partial charge is 0.319 e. The Morgan fingerprint density at radius 2 is 1.73 bits per heavy atom. The first kappa shape index (κ1) is 12.1. The normalized spacial score (nSPS) is 11.8. The maximum absolute atomic E-state index is 13.4. The van der Waals surface area contributed by atoms with Crippen LogP contribution < -0.4 is 5.32 Å². The van der Waals surface area contributed by atoms with E-state index in [4.69, 9.17) is 0 Å². The molecule has 15 heavy (non-hydrogen) atoms. The van der Waals surface area contributed by atoms with Crippen LogP contribution in [0.1, 0.15) is 19.4 Å². The van der Waals surface area contributed by atoms with E-state index in [1.165, 1.54) is 18.2 Å². The van der Waals surface area contributed by atoms with E-state index in [9.17, 15) is 8.78 Å². The Kier molecular flexibility index (Phi) is 3.80. The summed E-state index contributed by atoms with van der Waals surface area (Å²) in [6, 6.07) is 3.99. The summed E-state index contributed by atoms with van der Waals surface area (Å²) in [5.74, 6) is -0.918. The molecule has 1 aromatic rings. The fourth-order valence-corrected chi connectivity index (χ4v) is 1.72. The molecular formula is C12H17F2N. The lowest BCUT2D eigenvalue weighted by Gasteiger charge is -2.24. The van der Waals surface area contributed by atoms with Crippen LogP contribution >= 0.6 is 0 Å². The quantitative estimate of drug-likeness (QED) is 0.811. The standard InChI is InChI=1S/C12H17F2N/c1-12(2,8-15-3)7-9-10(13)5-4-6-11(9)14/h4-6,15H,7-8H2,1-3H3. The minimum absolute atomic E-state index is 0.155. The molecule has 0 saturated carbocycles. The second-order valence-electron chi connectivity index (χ2n) is 4.57. The Balaban J connectivity index is 2.89. The molecule has 0 aliphatic carbocycles. The van der Waals surface area contributed by atoms with Crippen LogP contribution in [0.5, 0.6) is 0 Å². The molecule has 84 valence electrons. The molecule has 0 radical (unpaired) electrons. The first-order valence-corrected chi connectivity index (χ1v) is 5.04. The zero-order chi connectivity index (χ0) is 11.5. The van der Waals surface area contributed by atoms with E-state index >= 15 is 0 Å². The molecule has 0 bridgehead atoms. The lowest BCUT2D eigenvalue weighted by atomic mass is 9.85. The molecule has 3 heteroatoms. The van der Waals surface area contributed by atoms with Gasteiger partial charge in [0.15, 0.2) is 0 Å². The van der Waals surface area contributed by atoms with Crippen LogP contribution in [0.3, 0.4) is 0 Å². The van der Waals surface area contributed by atoms with Gasteiger partial charge in [0.05, 0.1) is 0 Å². The third-order valence-corrected chi connectivity index (χ3v) is 2.37. The molecule has 0 heterocycles. The fourth-order valence-electron chi connectivity index (χ4n) is 1.72. The third kappa shape index (κ3) is 3.27. The van der Waals surface area contributed by atoms with Gasteiger partial charge in [-0.25, -0.2) is 8.78 Å². The number of nitrogens with one attached hydrogen (secondary N) is 1. The van der Waals surface area contributed by atoms with E-state index in [1.807, 2.05) is 20.9 Å². The summed E-state index contributed by atoms with van der Waals surface area (Å²) >= 11 is 0. The van der Waals surface area contributed by atoms with E-state index < -0.39 is 11.6 Å². The van der Waals surface area contributed by atoms with Gasteiger partial charge in [-0.1, -0.05) is 19.9 Å².